The number of carbonyl (C=O) groups excluding carboxylic acids is 2. The van der Waals surface area contributed by atoms with Gasteiger partial charge in [0, 0.05) is 25.5 Å². The SMILES string of the molecule is CCC[C@@H](NC(C)=O)C(=O)N1CCc2nc(-c3cccc(F)c3)[nH]c2C1. The molecule has 1 atom stereocenters. The Bertz CT molecular complexity index is 818. The number of aromatic nitrogens is 2. The van der Waals surface area contributed by atoms with E-state index in [4.69, 9.17) is 0 Å². The molecule has 0 saturated heterocycles. The second-order valence-electron chi connectivity index (χ2n) is 6.57. The van der Waals surface area contributed by atoms with Gasteiger partial charge in [-0.15, -0.1) is 0 Å². The van der Waals surface area contributed by atoms with Crippen LogP contribution in [0.3, 0.4) is 0 Å². The molecular formula is C19H23FN4O2. The Morgan fingerprint density at radius 2 is 2.23 bits per heavy atom. The van der Waals surface area contributed by atoms with Crippen molar-refractivity contribution in [1.82, 2.24) is 20.2 Å². The van der Waals surface area contributed by atoms with Crippen LogP contribution in [0.25, 0.3) is 11.4 Å². The van der Waals surface area contributed by atoms with Crippen molar-refractivity contribution < 1.29 is 14.0 Å². The Morgan fingerprint density at radius 3 is 2.92 bits per heavy atom. The van der Waals surface area contributed by atoms with E-state index in [1.807, 2.05) is 6.92 Å². The van der Waals surface area contributed by atoms with Gasteiger partial charge >= 0.3 is 0 Å². The number of nitrogens with one attached hydrogen (secondary N) is 2. The highest BCUT2D eigenvalue weighted by atomic mass is 19.1. The molecule has 0 saturated carbocycles. The van der Waals surface area contributed by atoms with Gasteiger partial charge in [0.1, 0.15) is 17.7 Å². The molecule has 2 amide bonds. The van der Waals surface area contributed by atoms with Crippen LogP contribution in [-0.2, 0) is 22.6 Å². The van der Waals surface area contributed by atoms with Gasteiger partial charge in [-0.1, -0.05) is 25.5 Å². The Labute approximate surface area is 151 Å². The molecule has 7 heteroatoms. The van der Waals surface area contributed by atoms with E-state index >= 15 is 0 Å². The number of aromatic amines is 1. The van der Waals surface area contributed by atoms with Gasteiger partial charge in [-0.3, -0.25) is 9.59 Å². The van der Waals surface area contributed by atoms with Crippen molar-refractivity contribution in [3.8, 4) is 11.4 Å². The van der Waals surface area contributed by atoms with Crippen molar-refractivity contribution in [2.24, 2.45) is 0 Å². The van der Waals surface area contributed by atoms with Crippen molar-refractivity contribution in [2.75, 3.05) is 6.54 Å². The molecule has 138 valence electrons. The number of hydrogen-bond donors (Lipinski definition) is 2. The summed E-state index contributed by atoms with van der Waals surface area (Å²) >= 11 is 0. The molecule has 0 radical (unpaired) electrons. The number of amides is 2. The monoisotopic (exact) mass is 358 g/mol. The molecule has 3 rings (SSSR count). The van der Waals surface area contributed by atoms with Gasteiger partial charge in [0.15, 0.2) is 0 Å². The van der Waals surface area contributed by atoms with E-state index in [-0.39, 0.29) is 17.6 Å². The molecular weight excluding hydrogens is 335 g/mol. The van der Waals surface area contributed by atoms with Crippen LogP contribution in [0.4, 0.5) is 4.39 Å². The summed E-state index contributed by atoms with van der Waals surface area (Å²) in [6.07, 6.45) is 2.05. The highest BCUT2D eigenvalue weighted by Gasteiger charge is 2.29. The Balaban J connectivity index is 1.77. The van der Waals surface area contributed by atoms with Crippen molar-refractivity contribution in [3.05, 3.63) is 41.5 Å². The van der Waals surface area contributed by atoms with Crippen LogP contribution >= 0.6 is 0 Å². The normalized spacial score (nSPS) is 14.7. The molecule has 1 aromatic carbocycles. The number of fused-ring (bicyclic) bond motifs is 1. The van der Waals surface area contributed by atoms with Crippen LogP contribution in [0.15, 0.2) is 24.3 Å². The number of benzene rings is 1. The van der Waals surface area contributed by atoms with Gasteiger partial charge in [0.05, 0.1) is 17.9 Å². The summed E-state index contributed by atoms with van der Waals surface area (Å²) in [6, 6.07) is 5.77. The molecule has 0 unspecified atom stereocenters. The molecule has 1 aromatic heterocycles. The fraction of sp³-hybridized carbons (Fsp3) is 0.421. The average Bonchev–Trinajstić information content (AvgIpc) is 3.03. The molecule has 0 spiro atoms. The maximum absolute atomic E-state index is 13.4. The van der Waals surface area contributed by atoms with Gasteiger partial charge in [-0.25, -0.2) is 9.37 Å². The second-order valence-corrected chi connectivity index (χ2v) is 6.57. The number of nitrogens with zero attached hydrogens (tertiary/aromatic N) is 2. The van der Waals surface area contributed by atoms with Crippen LogP contribution < -0.4 is 5.32 Å². The first kappa shape index (κ1) is 18.1. The van der Waals surface area contributed by atoms with Crippen LogP contribution in [-0.4, -0.2) is 39.3 Å². The van der Waals surface area contributed by atoms with E-state index in [2.05, 4.69) is 15.3 Å². The fourth-order valence-corrected chi connectivity index (χ4v) is 3.27. The molecule has 0 fully saturated rings. The minimum atomic E-state index is -0.496. The van der Waals surface area contributed by atoms with Gasteiger partial charge in [-0.05, 0) is 18.6 Å². The number of H-pyrrole nitrogens is 1. The molecule has 0 bridgehead atoms. The minimum Gasteiger partial charge on any atom is -0.345 e. The van der Waals surface area contributed by atoms with Crippen LogP contribution in [0, 0.1) is 5.82 Å². The lowest BCUT2D eigenvalue weighted by atomic mass is 10.1. The molecule has 26 heavy (non-hydrogen) atoms. The zero-order valence-corrected chi connectivity index (χ0v) is 15.0. The van der Waals surface area contributed by atoms with E-state index in [1.54, 1.807) is 17.0 Å². The third-order valence-electron chi connectivity index (χ3n) is 4.49. The molecule has 6 nitrogen and oxygen atoms in total. The Kier molecular flexibility index (Phi) is 5.35. The second kappa shape index (κ2) is 7.68. The van der Waals surface area contributed by atoms with Crippen molar-refractivity contribution in [1.29, 1.82) is 0 Å². The van der Waals surface area contributed by atoms with Crippen LogP contribution in [0.5, 0.6) is 0 Å². The first-order chi connectivity index (χ1) is 12.5. The molecule has 2 heterocycles. The zero-order valence-electron chi connectivity index (χ0n) is 15.0. The Hall–Kier alpha value is -2.70. The summed E-state index contributed by atoms with van der Waals surface area (Å²) in [4.78, 5) is 33.7. The maximum atomic E-state index is 13.4. The van der Waals surface area contributed by atoms with E-state index in [1.165, 1.54) is 19.1 Å². The minimum absolute atomic E-state index is 0.0744. The number of hydrogen-bond acceptors (Lipinski definition) is 3. The first-order valence-corrected chi connectivity index (χ1v) is 8.87. The van der Waals surface area contributed by atoms with E-state index in [0.29, 0.717) is 37.3 Å². The van der Waals surface area contributed by atoms with Crippen molar-refractivity contribution >= 4 is 11.8 Å². The number of halogens is 1. The summed E-state index contributed by atoms with van der Waals surface area (Å²) in [5, 5.41) is 2.74. The largest absolute Gasteiger partial charge is 0.345 e. The number of rotatable bonds is 5. The van der Waals surface area contributed by atoms with Crippen LogP contribution in [0.2, 0.25) is 0 Å². The van der Waals surface area contributed by atoms with Crippen molar-refractivity contribution in [3.63, 3.8) is 0 Å². The van der Waals surface area contributed by atoms with E-state index in [9.17, 15) is 14.0 Å². The third-order valence-corrected chi connectivity index (χ3v) is 4.49. The topological polar surface area (TPSA) is 78.1 Å². The Morgan fingerprint density at radius 1 is 1.42 bits per heavy atom. The van der Waals surface area contributed by atoms with Gasteiger partial charge < -0.3 is 15.2 Å². The summed E-state index contributed by atoms with van der Waals surface area (Å²) in [5.41, 5.74) is 2.45. The number of carbonyl (C=O) groups is 2. The van der Waals surface area contributed by atoms with Gasteiger partial charge in [-0.2, -0.15) is 0 Å². The van der Waals surface area contributed by atoms with Gasteiger partial charge in [0.25, 0.3) is 0 Å². The lowest BCUT2D eigenvalue weighted by Crippen LogP contribution is -2.49. The summed E-state index contributed by atoms with van der Waals surface area (Å²) in [7, 11) is 0. The third kappa shape index (κ3) is 3.92. The summed E-state index contributed by atoms with van der Waals surface area (Å²) in [5.74, 6) is 0.0150. The smallest absolute Gasteiger partial charge is 0.245 e. The lowest BCUT2D eigenvalue weighted by Gasteiger charge is -2.30. The maximum Gasteiger partial charge on any atom is 0.245 e. The molecule has 2 N–H and O–H groups in total. The van der Waals surface area contributed by atoms with E-state index in [0.717, 1.165) is 17.8 Å². The lowest BCUT2D eigenvalue weighted by molar-refractivity contribution is -0.137. The number of imidazole rings is 1. The van der Waals surface area contributed by atoms with Crippen molar-refractivity contribution in [2.45, 2.75) is 45.7 Å². The highest BCUT2D eigenvalue weighted by molar-refractivity contribution is 5.87. The summed E-state index contributed by atoms with van der Waals surface area (Å²) in [6.45, 7) is 4.37. The average molecular weight is 358 g/mol. The summed E-state index contributed by atoms with van der Waals surface area (Å²) < 4.78 is 13.4. The quantitative estimate of drug-likeness (QED) is 0.862. The van der Waals surface area contributed by atoms with Gasteiger partial charge in [0.2, 0.25) is 11.8 Å². The molecule has 2 aromatic rings. The highest BCUT2D eigenvalue weighted by Crippen LogP contribution is 2.24. The first-order valence-electron chi connectivity index (χ1n) is 8.87. The predicted molar refractivity (Wildman–Crippen MR) is 95.6 cm³/mol. The zero-order chi connectivity index (χ0) is 18.7. The molecule has 0 aliphatic carbocycles. The molecule has 1 aliphatic rings. The molecule has 1 aliphatic heterocycles. The van der Waals surface area contributed by atoms with E-state index < -0.39 is 6.04 Å². The van der Waals surface area contributed by atoms with Crippen LogP contribution in [0.1, 0.15) is 38.1 Å². The fourth-order valence-electron chi connectivity index (χ4n) is 3.27. The standard InChI is InChI=1S/C19H23FN4O2/c1-3-5-16(21-12(2)25)19(26)24-9-8-15-17(11-24)23-18(22-15)13-6-4-7-14(20)10-13/h4,6-7,10,16H,3,5,8-9,11H2,1-2H3,(H,21,25)(H,22,23)/t16-/m1/s1. The predicted octanol–water partition coefficient (Wildman–Crippen LogP) is 2.41.